The molecule has 2 nitrogen and oxygen atoms in total. The molecule has 0 aliphatic rings. The molecular weight excluding hydrogens is 196 g/mol. The number of nitrogens with one attached hydrogen (secondary N) is 1. The van der Waals surface area contributed by atoms with Crippen LogP contribution in [0.2, 0.25) is 0 Å². The van der Waals surface area contributed by atoms with Crippen molar-refractivity contribution in [3.05, 3.63) is 0 Å². The molecule has 0 aliphatic heterocycles. The highest BCUT2D eigenvalue weighted by Crippen LogP contribution is 2.26. The van der Waals surface area contributed by atoms with Gasteiger partial charge in [0.05, 0.1) is 0 Å². The van der Waals surface area contributed by atoms with Gasteiger partial charge in [-0.2, -0.15) is 0 Å². The van der Waals surface area contributed by atoms with Crippen LogP contribution in [0.25, 0.3) is 0 Å². The van der Waals surface area contributed by atoms with E-state index in [2.05, 4.69) is 40.0 Å². The Balaban J connectivity index is 4.06. The monoisotopic (exact) mass is 228 g/mol. The zero-order chi connectivity index (χ0) is 12.6. The maximum atomic E-state index is 5.66. The highest BCUT2D eigenvalue weighted by atomic mass is 15.2. The molecule has 0 aliphatic carbocycles. The van der Waals surface area contributed by atoms with Gasteiger partial charge >= 0.3 is 0 Å². The summed E-state index contributed by atoms with van der Waals surface area (Å²) in [7, 11) is 0. The molecule has 3 N–H and O–H groups in total. The summed E-state index contributed by atoms with van der Waals surface area (Å²) in [5, 5.41) is 0. The second-order valence-electron chi connectivity index (χ2n) is 6.28. The van der Waals surface area contributed by atoms with Crippen LogP contribution < -0.4 is 11.3 Å². The first kappa shape index (κ1) is 15.9. The van der Waals surface area contributed by atoms with Crippen LogP contribution in [-0.2, 0) is 0 Å². The van der Waals surface area contributed by atoms with Crippen molar-refractivity contribution in [2.24, 2.45) is 17.2 Å². The average Bonchev–Trinajstić information content (AvgIpc) is 2.20. The van der Waals surface area contributed by atoms with E-state index in [-0.39, 0.29) is 0 Å². The first-order valence-electron chi connectivity index (χ1n) is 6.89. The Bertz CT molecular complexity index is 161. The van der Waals surface area contributed by atoms with E-state index in [0.29, 0.717) is 11.5 Å². The standard InChI is InChI=1S/C14H32N2/c1-6-8-9-12(7-2)10-13(16-15)11-14(3,4)5/h12-13,16H,6-11,15H2,1-5H3. The lowest BCUT2D eigenvalue weighted by Crippen LogP contribution is -2.39. The summed E-state index contributed by atoms with van der Waals surface area (Å²) in [4.78, 5) is 0. The van der Waals surface area contributed by atoms with E-state index in [9.17, 15) is 0 Å². The minimum absolute atomic E-state index is 0.361. The number of rotatable bonds is 8. The van der Waals surface area contributed by atoms with E-state index < -0.39 is 0 Å². The summed E-state index contributed by atoms with van der Waals surface area (Å²) >= 11 is 0. The van der Waals surface area contributed by atoms with E-state index in [1.54, 1.807) is 0 Å². The van der Waals surface area contributed by atoms with Crippen LogP contribution in [0, 0.1) is 11.3 Å². The number of nitrogens with two attached hydrogens (primary N) is 1. The number of hydrogen-bond donors (Lipinski definition) is 2. The van der Waals surface area contributed by atoms with Crippen LogP contribution in [0.3, 0.4) is 0 Å². The molecule has 2 heteroatoms. The molecule has 0 heterocycles. The maximum Gasteiger partial charge on any atom is 0.0218 e. The predicted molar refractivity (Wildman–Crippen MR) is 73.1 cm³/mol. The van der Waals surface area contributed by atoms with Crippen molar-refractivity contribution < 1.29 is 0 Å². The van der Waals surface area contributed by atoms with Gasteiger partial charge < -0.3 is 0 Å². The third-order valence-electron chi connectivity index (χ3n) is 3.26. The van der Waals surface area contributed by atoms with Crippen LogP contribution >= 0.6 is 0 Å². The quantitative estimate of drug-likeness (QED) is 0.489. The van der Waals surface area contributed by atoms with E-state index in [4.69, 9.17) is 5.84 Å². The van der Waals surface area contributed by atoms with E-state index in [1.165, 1.54) is 32.1 Å². The van der Waals surface area contributed by atoms with Crippen LogP contribution in [0.5, 0.6) is 0 Å². The van der Waals surface area contributed by atoms with Gasteiger partial charge in [0, 0.05) is 6.04 Å². The molecule has 0 radical (unpaired) electrons. The Hall–Kier alpha value is -0.0800. The molecule has 98 valence electrons. The van der Waals surface area contributed by atoms with Crippen molar-refractivity contribution in [2.75, 3.05) is 0 Å². The Labute approximate surface area is 102 Å². The van der Waals surface area contributed by atoms with Gasteiger partial charge in [-0.05, 0) is 24.2 Å². The Morgan fingerprint density at radius 1 is 1.19 bits per heavy atom. The first-order chi connectivity index (χ1) is 7.42. The van der Waals surface area contributed by atoms with E-state index in [1.807, 2.05) is 0 Å². The first-order valence-corrected chi connectivity index (χ1v) is 6.89. The molecule has 0 aromatic rings. The normalized spacial score (nSPS) is 16.1. The van der Waals surface area contributed by atoms with Gasteiger partial charge in [0.1, 0.15) is 0 Å². The molecule has 0 saturated carbocycles. The predicted octanol–water partition coefficient (Wildman–Crippen LogP) is 3.86. The lowest BCUT2D eigenvalue weighted by molar-refractivity contribution is 0.263. The highest BCUT2D eigenvalue weighted by Gasteiger charge is 2.20. The molecular formula is C14H32N2. The fourth-order valence-corrected chi connectivity index (χ4v) is 2.33. The van der Waals surface area contributed by atoms with Gasteiger partial charge in [0.25, 0.3) is 0 Å². The van der Waals surface area contributed by atoms with Gasteiger partial charge in [-0.25, -0.2) is 0 Å². The molecule has 16 heavy (non-hydrogen) atoms. The SMILES string of the molecule is CCCCC(CC)CC(CC(C)(C)C)NN. The number of unbranched alkanes of at least 4 members (excludes halogenated alkanes) is 1. The van der Waals surface area contributed by atoms with Crippen LogP contribution in [0.1, 0.15) is 73.1 Å². The largest absolute Gasteiger partial charge is 0.271 e. The molecule has 2 atom stereocenters. The minimum Gasteiger partial charge on any atom is -0.271 e. The molecule has 0 spiro atoms. The molecule has 0 bridgehead atoms. The van der Waals surface area contributed by atoms with E-state index >= 15 is 0 Å². The summed E-state index contributed by atoms with van der Waals surface area (Å²) in [5.74, 6) is 6.50. The highest BCUT2D eigenvalue weighted by molar-refractivity contribution is 4.75. The van der Waals surface area contributed by atoms with Gasteiger partial charge in [0.15, 0.2) is 0 Å². The van der Waals surface area contributed by atoms with Gasteiger partial charge in [-0.15, -0.1) is 0 Å². The molecule has 0 rings (SSSR count). The third kappa shape index (κ3) is 8.12. The zero-order valence-corrected chi connectivity index (χ0v) is 12.0. The minimum atomic E-state index is 0.361. The fraction of sp³-hybridized carbons (Fsp3) is 1.00. The summed E-state index contributed by atoms with van der Waals surface area (Å²) < 4.78 is 0. The lowest BCUT2D eigenvalue weighted by Gasteiger charge is -2.28. The van der Waals surface area contributed by atoms with Gasteiger partial charge in [0.2, 0.25) is 0 Å². The summed E-state index contributed by atoms with van der Waals surface area (Å²) in [6.07, 6.45) is 7.68. The number of hydrogen-bond acceptors (Lipinski definition) is 2. The van der Waals surface area contributed by atoms with Crippen molar-refractivity contribution in [2.45, 2.75) is 79.2 Å². The van der Waals surface area contributed by atoms with Crippen molar-refractivity contribution in [1.29, 1.82) is 0 Å². The topological polar surface area (TPSA) is 38.0 Å². The molecule has 0 saturated heterocycles. The lowest BCUT2D eigenvalue weighted by atomic mass is 9.83. The van der Waals surface area contributed by atoms with Crippen molar-refractivity contribution >= 4 is 0 Å². The van der Waals surface area contributed by atoms with Crippen molar-refractivity contribution in [1.82, 2.24) is 5.43 Å². The number of hydrazine groups is 1. The van der Waals surface area contributed by atoms with Gasteiger partial charge in [-0.1, -0.05) is 60.3 Å². The van der Waals surface area contributed by atoms with Crippen LogP contribution in [0.15, 0.2) is 0 Å². The van der Waals surface area contributed by atoms with Crippen LogP contribution in [-0.4, -0.2) is 6.04 Å². The Morgan fingerprint density at radius 3 is 2.19 bits per heavy atom. The Kier molecular flexibility index (Phi) is 8.04. The fourth-order valence-electron chi connectivity index (χ4n) is 2.33. The molecule has 0 fully saturated rings. The third-order valence-corrected chi connectivity index (χ3v) is 3.26. The zero-order valence-electron chi connectivity index (χ0n) is 12.0. The van der Waals surface area contributed by atoms with E-state index in [0.717, 1.165) is 12.3 Å². The Morgan fingerprint density at radius 2 is 1.81 bits per heavy atom. The van der Waals surface area contributed by atoms with Crippen molar-refractivity contribution in [3.63, 3.8) is 0 Å². The average molecular weight is 228 g/mol. The summed E-state index contributed by atoms with van der Waals surface area (Å²) in [6, 6.07) is 0.474. The second kappa shape index (κ2) is 8.08. The molecule has 0 aromatic heterocycles. The molecule has 2 unspecified atom stereocenters. The van der Waals surface area contributed by atoms with Gasteiger partial charge in [-0.3, -0.25) is 11.3 Å². The van der Waals surface area contributed by atoms with Crippen molar-refractivity contribution in [3.8, 4) is 0 Å². The maximum absolute atomic E-state index is 5.66. The molecule has 0 amide bonds. The summed E-state index contributed by atoms with van der Waals surface area (Å²) in [5.41, 5.74) is 3.36. The second-order valence-corrected chi connectivity index (χ2v) is 6.28. The molecule has 0 aromatic carbocycles. The van der Waals surface area contributed by atoms with Crippen LogP contribution in [0.4, 0.5) is 0 Å². The summed E-state index contributed by atoms with van der Waals surface area (Å²) in [6.45, 7) is 11.4. The smallest absolute Gasteiger partial charge is 0.0218 e.